The molecule has 0 aliphatic heterocycles. The fourth-order valence-corrected chi connectivity index (χ4v) is 8.02. The summed E-state index contributed by atoms with van der Waals surface area (Å²) in [6.07, 6.45) is 8.53. The molecule has 1 aromatic rings. The molecule has 4 aliphatic rings. The van der Waals surface area contributed by atoms with Crippen molar-refractivity contribution in [3.63, 3.8) is 0 Å². The van der Waals surface area contributed by atoms with Crippen molar-refractivity contribution < 1.29 is 0 Å². The second-order valence-corrected chi connectivity index (χ2v) is 10.8. The summed E-state index contributed by atoms with van der Waals surface area (Å²) in [7, 11) is 0. The Morgan fingerprint density at radius 3 is 2.45 bits per heavy atom. The Hall–Kier alpha value is 0.140. The number of nitrogens with two attached hydrogens (primary N) is 1. The maximum atomic E-state index is 6.85. The summed E-state index contributed by atoms with van der Waals surface area (Å²) in [6, 6.07) is 2.53. The first-order valence-electron chi connectivity index (χ1n) is 7.91. The van der Waals surface area contributed by atoms with E-state index >= 15 is 0 Å². The second kappa shape index (κ2) is 4.33. The molecule has 3 atom stereocenters. The van der Waals surface area contributed by atoms with Crippen LogP contribution in [0.1, 0.15) is 61.9 Å². The van der Waals surface area contributed by atoms with Gasteiger partial charge in [-0.1, -0.05) is 6.92 Å². The molecule has 20 heavy (non-hydrogen) atoms. The van der Waals surface area contributed by atoms with Gasteiger partial charge in [0.05, 0.1) is 3.79 Å². The minimum atomic E-state index is 0.246. The summed E-state index contributed by atoms with van der Waals surface area (Å²) in [4.78, 5) is 1.41. The molecule has 0 radical (unpaired) electrons. The Morgan fingerprint density at radius 1 is 1.30 bits per heavy atom. The largest absolute Gasteiger partial charge is 0.323 e. The summed E-state index contributed by atoms with van der Waals surface area (Å²) in [5.74, 6) is 1.91. The van der Waals surface area contributed by atoms with Gasteiger partial charge < -0.3 is 5.73 Å². The first-order chi connectivity index (χ1) is 9.39. The number of rotatable bonds is 2. The molecule has 0 spiro atoms. The predicted molar refractivity (Wildman–Crippen MR) is 88.9 cm³/mol. The average molecular weight is 354 g/mol. The summed E-state index contributed by atoms with van der Waals surface area (Å²) in [6.45, 7) is 4.76. The number of hydrogen-bond acceptors (Lipinski definition) is 2. The fourth-order valence-electron chi connectivity index (χ4n) is 6.26. The number of hydrogen-bond donors (Lipinski definition) is 1. The zero-order valence-corrected chi connectivity index (χ0v) is 14.8. The first-order valence-corrected chi connectivity index (χ1v) is 9.52. The van der Waals surface area contributed by atoms with Gasteiger partial charge in [-0.05, 0) is 95.7 Å². The maximum Gasteiger partial charge on any atom is 0.0704 e. The van der Waals surface area contributed by atoms with E-state index in [9.17, 15) is 0 Å². The van der Waals surface area contributed by atoms with Crippen molar-refractivity contribution in [3.8, 4) is 0 Å². The number of halogens is 1. The monoisotopic (exact) mass is 353 g/mol. The first kappa shape index (κ1) is 13.8. The minimum absolute atomic E-state index is 0.246. The second-order valence-electron chi connectivity index (χ2n) is 8.17. The zero-order chi connectivity index (χ0) is 14.1. The number of thiophene rings is 1. The molecule has 1 heterocycles. The van der Waals surface area contributed by atoms with Gasteiger partial charge in [-0.15, -0.1) is 11.3 Å². The van der Waals surface area contributed by atoms with Gasteiger partial charge >= 0.3 is 0 Å². The molecule has 4 aliphatic carbocycles. The lowest BCUT2D eigenvalue weighted by Gasteiger charge is -2.63. The summed E-state index contributed by atoms with van der Waals surface area (Å²) < 4.78 is 1.23. The van der Waals surface area contributed by atoms with Crippen LogP contribution in [0.3, 0.4) is 0 Å². The smallest absolute Gasteiger partial charge is 0.0704 e. The Balaban J connectivity index is 1.72. The van der Waals surface area contributed by atoms with Crippen molar-refractivity contribution >= 4 is 27.3 Å². The van der Waals surface area contributed by atoms with E-state index < -0.39 is 0 Å². The number of aryl methyl sites for hydroxylation is 1. The highest BCUT2D eigenvalue weighted by atomic mass is 79.9. The van der Waals surface area contributed by atoms with Crippen molar-refractivity contribution in [2.75, 3.05) is 0 Å². The van der Waals surface area contributed by atoms with E-state index in [4.69, 9.17) is 5.73 Å². The third kappa shape index (κ3) is 1.96. The van der Waals surface area contributed by atoms with Gasteiger partial charge in [0.1, 0.15) is 0 Å². The normalized spacial score (nSPS) is 44.0. The maximum absolute atomic E-state index is 6.85. The van der Waals surface area contributed by atoms with Gasteiger partial charge in [-0.25, -0.2) is 0 Å². The van der Waals surface area contributed by atoms with Crippen LogP contribution in [-0.4, -0.2) is 0 Å². The van der Waals surface area contributed by atoms with Gasteiger partial charge in [0.15, 0.2) is 0 Å². The van der Waals surface area contributed by atoms with Gasteiger partial charge in [0.2, 0.25) is 0 Å². The molecule has 3 unspecified atom stereocenters. The van der Waals surface area contributed by atoms with Gasteiger partial charge in [-0.3, -0.25) is 0 Å². The molecule has 4 bridgehead atoms. The Bertz CT molecular complexity index is 535. The van der Waals surface area contributed by atoms with Crippen molar-refractivity contribution in [2.45, 2.75) is 58.4 Å². The van der Waals surface area contributed by atoms with Gasteiger partial charge in [0.25, 0.3) is 0 Å². The van der Waals surface area contributed by atoms with Crippen molar-refractivity contribution in [1.29, 1.82) is 0 Å². The van der Waals surface area contributed by atoms with Gasteiger partial charge in [-0.2, -0.15) is 0 Å². The summed E-state index contributed by atoms with van der Waals surface area (Å²) in [5, 5.41) is 0. The van der Waals surface area contributed by atoms with Crippen molar-refractivity contribution in [2.24, 2.45) is 28.4 Å². The van der Waals surface area contributed by atoms with E-state index in [-0.39, 0.29) is 6.04 Å². The lowest BCUT2D eigenvalue weighted by molar-refractivity contribution is -0.113. The van der Waals surface area contributed by atoms with E-state index in [1.807, 2.05) is 11.3 Å². The Kier molecular flexibility index (Phi) is 2.98. The molecule has 1 aromatic heterocycles. The van der Waals surface area contributed by atoms with Gasteiger partial charge in [0, 0.05) is 10.9 Å². The highest BCUT2D eigenvalue weighted by molar-refractivity contribution is 9.11. The molecular weight excluding hydrogens is 330 g/mol. The van der Waals surface area contributed by atoms with Crippen LogP contribution in [0.15, 0.2) is 9.85 Å². The van der Waals surface area contributed by atoms with Crippen molar-refractivity contribution in [3.05, 3.63) is 20.3 Å². The minimum Gasteiger partial charge on any atom is -0.323 e. The molecule has 110 valence electrons. The van der Waals surface area contributed by atoms with Crippen LogP contribution < -0.4 is 5.73 Å². The lowest BCUT2D eigenvalue weighted by atomic mass is 9.43. The lowest BCUT2D eigenvalue weighted by Crippen LogP contribution is -2.54. The highest BCUT2D eigenvalue weighted by Crippen LogP contribution is 2.68. The average Bonchev–Trinajstić information content (AvgIpc) is 2.64. The van der Waals surface area contributed by atoms with Crippen LogP contribution in [0.4, 0.5) is 0 Å². The van der Waals surface area contributed by atoms with E-state index in [2.05, 4.69) is 35.8 Å². The predicted octanol–water partition coefficient (Wildman–Crippen LogP) is 5.43. The molecule has 0 aromatic carbocycles. The molecule has 4 fully saturated rings. The van der Waals surface area contributed by atoms with Crippen LogP contribution in [-0.2, 0) is 0 Å². The Morgan fingerprint density at radius 2 is 1.95 bits per heavy atom. The molecule has 2 N–H and O–H groups in total. The molecule has 0 amide bonds. The molecule has 0 saturated heterocycles. The summed E-state index contributed by atoms with van der Waals surface area (Å²) >= 11 is 5.47. The quantitative estimate of drug-likeness (QED) is 0.753. The SMILES string of the molecule is Cc1sc(Br)cc1C(N)C12CC3CC(CC(C)(C3)C1)C2. The third-order valence-electron chi connectivity index (χ3n) is 6.32. The molecule has 3 heteroatoms. The topological polar surface area (TPSA) is 26.0 Å². The van der Waals surface area contributed by atoms with Crippen LogP contribution in [0, 0.1) is 29.6 Å². The van der Waals surface area contributed by atoms with Crippen LogP contribution in [0.5, 0.6) is 0 Å². The Labute approximate surface area is 134 Å². The van der Waals surface area contributed by atoms with E-state index in [1.165, 1.54) is 52.8 Å². The molecule has 1 nitrogen and oxygen atoms in total. The highest BCUT2D eigenvalue weighted by Gasteiger charge is 2.58. The van der Waals surface area contributed by atoms with Crippen LogP contribution >= 0.6 is 27.3 Å². The zero-order valence-electron chi connectivity index (χ0n) is 12.4. The van der Waals surface area contributed by atoms with E-state index in [0.717, 1.165) is 11.8 Å². The van der Waals surface area contributed by atoms with Crippen LogP contribution in [0.2, 0.25) is 0 Å². The third-order valence-corrected chi connectivity index (χ3v) is 7.89. The van der Waals surface area contributed by atoms with E-state index in [1.54, 1.807) is 0 Å². The molecule has 4 saturated carbocycles. The van der Waals surface area contributed by atoms with Crippen LogP contribution in [0.25, 0.3) is 0 Å². The fraction of sp³-hybridized carbons (Fsp3) is 0.765. The summed E-state index contributed by atoms with van der Waals surface area (Å²) in [5.41, 5.74) is 9.24. The standard InChI is InChI=1S/C17H24BrNS/c1-10-13(4-14(18)20-10)15(19)17-7-11-3-12(8-17)6-16(2,5-11)9-17/h4,11-12,15H,3,5-9,19H2,1-2H3. The van der Waals surface area contributed by atoms with E-state index in [0.29, 0.717) is 10.8 Å². The molecule has 5 rings (SSSR count). The molecular formula is C17H24BrNS. The van der Waals surface area contributed by atoms with Crippen molar-refractivity contribution in [1.82, 2.24) is 0 Å².